The Morgan fingerprint density at radius 1 is 0.811 bits per heavy atom. The van der Waals surface area contributed by atoms with Crippen molar-refractivity contribution in [3.05, 3.63) is 94.5 Å². The molecule has 1 N–H and O–H groups in total. The van der Waals surface area contributed by atoms with E-state index in [9.17, 15) is 19.5 Å². The molecule has 1 saturated heterocycles. The molecule has 7 heteroatoms. The van der Waals surface area contributed by atoms with Gasteiger partial charge < -0.3 is 10.0 Å². The molecule has 2 aliphatic rings. The molecule has 3 aromatic carbocycles. The first-order chi connectivity index (χ1) is 17.9. The summed E-state index contributed by atoms with van der Waals surface area (Å²) in [5.74, 6) is -1.84. The Hall–Kier alpha value is -3.48. The van der Waals surface area contributed by atoms with Gasteiger partial charge in [0.2, 0.25) is 5.78 Å². The molecule has 190 valence electrons. The van der Waals surface area contributed by atoms with E-state index in [1.165, 1.54) is 6.07 Å². The van der Waals surface area contributed by atoms with Crippen LogP contribution in [0.25, 0.3) is 11.1 Å². The van der Waals surface area contributed by atoms with Crippen molar-refractivity contribution in [2.75, 3.05) is 32.7 Å². The number of carboxylic acids is 1. The molecule has 1 aliphatic carbocycles. The third-order valence-corrected chi connectivity index (χ3v) is 7.88. The second-order valence-electron chi connectivity index (χ2n) is 9.73. The number of nitrogens with zero attached hydrogens (tertiary/aromatic N) is 2. The summed E-state index contributed by atoms with van der Waals surface area (Å²) in [5.41, 5.74) is 3.05. The predicted molar refractivity (Wildman–Crippen MR) is 143 cm³/mol. The zero-order valence-electron chi connectivity index (χ0n) is 20.5. The van der Waals surface area contributed by atoms with Crippen LogP contribution in [0.1, 0.15) is 40.7 Å². The van der Waals surface area contributed by atoms with Crippen molar-refractivity contribution in [3.8, 4) is 11.1 Å². The molecular formula is C30H29ClN2O4. The van der Waals surface area contributed by atoms with Gasteiger partial charge in [0.25, 0.3) is 5.91 Å². The van der Waals surface area contributed by atoms with Gasteiger partial charge >= 0.3 is 5.97 Å². The highest BCUT2D eigenvalue weighted by atomic mass is 35.5. The molecule has 0 spiro atoms. The summed E-state index contributed by atoms with van der Waals surface area (Å²) in [7, 11) is 0. The molecule has 0 unspecified atom stereocenters. The van der Waals surface area contributed by atoms with Crippen LogP contribution in [-0.4, -0.2) is 65.3 Å². The molecule has 0 saturated carbocycles. The van der Waals surface area contributed by atoms with Gasteiger partial charge in [0.1, 0.15) is 5.41 Å². The molecular weight excluding hydrogens is 488 g/mol. The lowest BCUT2D eigenvalue weighted by atomic mass is 9.74. The maximum atomic E-state index is 12.7. The van der Waals surface area contributed by atoms with E-state index < -0.39 is 23.1 Å². The van der Waals surface area contributed by atoms with Crippen LogP contribution in [0.2, 0.25) is 5.02 Å². The molecule has 6 nitrogen and oxygen atoms in total. The van der Waals surface area contributed by atoms with E-state index in [0.717, 1.165) is 41.6 Å². The van der Waals surface area contributed by atoms with Crippen LogP contribution in [0.5, 0.6) is 0 Å². The highest BCUT2D eigenvalue weighted by Gasteiger charge is 2.48. The SMILES string of the molecule is O=C(C(=O)N1CCN(CCCCC2(C(=O)O)c3ccccc3-c3ccccc32)CC1)c1cccc(Cl)c1. The molecule has 3 aromatic rings. The van der Waals surface area contributed by atoms with Crippen LogP contribution in [0.3, 0.4) is 0 Å². The first kappa shape index (κ1) is 25.2. The fourth-order valence-electron chi connectivity index (χ4n) is 5.73. The third kappa shape index (κ3) is 4.67. The maximum Gasteiger partial charge on any atom is 0.318 e. The lowest BCUT2D eigenvalue weighted by Crippen LogP contribution is -2.50. The standard InChI is InChI=1S/C30H29ClN2O4/c31-22-9-7-8-21(20-22)27(34)28(35)33-18-16-32(17-19-33)15-6-5-14-30(29(36)37)25-12-3-1-10-23(25)24-11-2-4-13-26(24)30/h1-4,7-13,20H,5-6,14-19H2,(H,36,37). The monoisotopic (exact) mass is 516 g/mol. The van der Waals surface area contributed by atoms with E-state index in [0.29, 0.717) is 43.2 Å². The van der Waals surface area contributed by atoms with Gasteiger partial charge in [-0.15, -0.1) is 0 Å². The topological polar surface area (TPSA) is 77.9 Å². The second-order valence-corrected chi connectivity index (χ2v) is 10.2. The van der Waals surface area contributed by atoms with Crippen molar-refractivity contribution < 1.29 is 19.5 Å². The summed E-state index contributed by atoms with van der Waals surface area (Å²) >= 11 is 5.96. The Labute approximate surface area is 221 Å². The minimum Gasteiger partial charge on any atom is -0.480 e. The van der Waals surface area contributed by atoms with Gasteiger partial charge in [-0.1, -0.05) is 78.7 Å². The number of rotatable bonds is 8. The van der Waals surface area contributed by atoms with Crippen molar-refractivity contribution in [2.45, 2.75) is 24.7 Å². The number of fused-ring (bicyclic) bond motifs is 3. The molecule has 0 aromatic heterocycles. The molecule has 0 atom stereocenters. The summed E-state index contributed by atoms with van der Waals surface area (Å²) in [4.78, 5) is 41.9. The Morgan fingerprint density at radius 2 is 1.43 bits per heavy atom. The number of hydrogen-bond donors (Lipinski definition) is 1. The van der Waals surface area contributed by atoms with Crippen LogP contribution >= 0.6 is 11.6 Å². The van der Waals surface area contributed by atoms with Crippen LogP contribution in [0.15, 0.2) is 72.8 Å². The van der Waals surface area contributed by atoms with Crippen molar-refractivity contribution in [1.29, 1.82) is 0 Å². The third-order valence-electron chi connectivity index (χ3n) is 7.65. The highest BCUT2D eigenvalue weighted by Crippen LogP contribution is 2.51. The van der Waals surface area contributed by atoms with Crippen molar-refractivity contribution in [1.82, 2.24) is 9.80 Å². The number of benzene rings is 3. The van der Waals surface area contributed by atoms with Crippen molar-refractivity contribution in [2.24, 2.45) is 0 Å². The average molecular weight is 517 g/mol. The predicted octanol–water partition coefficient (Wildman–Crippen LogP) is 4.89. The number of aliphatic carboxylic acids is 1. The van der Waals surface area contributed by atoms with Gasteiger partial charge in [-0.05, 0) is 53.8 Å². The van der Waals surface area contributed by atoms with Crippen LogP contribution in [-0.2, 0) is 15.0 Å². The van der Waals surface area contributed by atoms with E-state index in [4.69, 9.17) is 11.6 Å². The minimum absolute atomic E-state index is 0.308. The fraction of sp³-hybridized carbons (Fsp3) is 0.300. The Balaban J connectivity index is 1.17. The summed E-state index contributed by atoms with van der Waals surface area (Å²) in [6, 6.07) is 22.1. The van der Waals surface area contributed by atoms with Crippen LogP contribution in [0.4, 0.5) is 0 Å². The molecule has 37 heavy (non-hydrogen) atoms. The second kappa shape index (κ2) is 10.5. The van der Waals surface area contributed by atoms with E-state index in [2.05, 4.69) is 4.90 Å². The Morgan fingerprint density at radius 3 is 2.03 bits per heavy atom. The van der Waals surface area contributed by atoms with Gasteiger partial charge in [-0.25, -0.2) is 0 Å². The summed E-state index contributed by atoms with van der Waals surface area (Å²) < 4.78 is 0. The van der Waals surface area contributed by atoms with Gasteiger partial charge in [-0.3, -0.25) is 19.3 Å². The number of carbonyl (C=O) groups excluding carboxylic acids is 2. The summed E-state index contributed by atoms with van der Waals surface area (Å²) in [5, 5.41) is 10.9. The quantitative estimate of drug-likeness (QED) is 0.262. The van der Waals surface area contributed by atoms with Gasteiger partial charge in [-0.2, -0.15) is 0 Å². The molecule has 0 radical (unpaired) electrons. The zero-order valence-corrected chi connectivity index (χ0v) is 21.3. The number of piperazine rings is 1. The van der Waals surface area contributed by atoms with Gasteiger partial charge in [0, 0.05) is 36.8 Å². The molecule has 1 fully saturated rings. The van der Waals surface area contributed by atoms with Crippen LogP contribution in [0, 0.1) is 0 Å². The normalized spacial score (nSPS) is 16.2. The van der Waals surface area contributed by atoms with E-state index in [1.807, 2.05) is 48.5 Å². The van der Waals surface area contributed by atoms with Crippen LogP contribution < -0.4 is 0 Å². The zero-order chi connectivity index (χ0) is 26.0. The van der Waals surface area contributed by atoms with Crippen molar-refractivity contribution >= 4 is 29.3 Å². The number of amides is 1. The fourth-order valence-corrected chi connectivity index (χ4v) is 5.92. The number of carbonyl (C=O) groups is 3. The number of carboxylic acid groups (broad SMARTS) is 1. The summed E-state index contributed by atoms with van der Waals surface area (Å²) in [6.07, 6.45) is 2.15. The van der Waals surface area contributed by atoms with E-state index in [1.54, 1.807) is 23.1 Å². The largest absolute Gasteiger partial charge is 0.480 e. The number of ketones is 1. The van der Waals surface area contributed by atoms with E-state index in [-0.39, 0.29) is 0 Å². The average Bonchev–Trinajstić information content (AvgIpc) is 3.21. The number of hydrogen-bond acceptors (Lipinski definition) is 4. The first-order valence-electron chi connectivity index (χ1n) is 12.7. The van der Waals surface area contributed by atoms with Crippen molar-refractivity contribution in [3.63, 3.8) is 0 Å². The first-order valence-corrected chi connectivity index (χ1v) is 13.0. The maximum absolute atomic E-state index is 12.7. The van der Waals surface area contributed by atoms with Gasteiger partial charge in [0.15, 0.2) is 0 Å². The molecule has 1 aliphatic heterocycles. The summed E-state index contributed by atoms with van der Waals surface area (Å²) in [6.45, 7) is 3.17. The number of halogens is 1. The van der Waals surface area contributed by atoms with E-state index >= 15 is 0 Å². The lowest BCUT2D eigenvalue weighted by molar-refractivity contribution is -0.142. The number of Topliss-reactive ketones (excluding diaryl/α,β-unsaturated/α-hetero) is 1. The highest BCUT2D eigenvalue weighted by molar-refractivity contribution is 6.43. The molecule has 1 amide bonds. The molecule has 0 bridgehead atoms. The minimum atomic E-state index is -1.03. The lowest BCUT2D eigenvalue weighted by Gasteiger charge is -2.34. The van der Waals surface area contributed by atoms with Gasteiger partial charge in [0.05, 0.1) is 0 Å². The molecule has 1 heterocycles. The smallest absolute Gasteiger partial charge is 0.318 e. The molecule has 5 rings (SSSR count). The number of unbranched alkanes of at least 4 members (excludes halogenated alkanes) is 1. The Bertz CT molecular complexity index is 1300. The Kier molecular flexibility index (Phi) is 7.13.